The fourth-order valence-corrected chi connectivity index (χ4v) is 1.31. The molecule has 0 unspecified atom stereocenters. The van der Waals surface area contributed by atoms with Crippen LogP contribution in [0.5, 0.6) is 0 Å². The molecule has 0 fully saturated rings. The molecule has 0 radical (unpaired) electrons. The van der Waals surface area contributed by atoms with E-state index in [1.807, 2.05) is 0 Å². The summed E-state index contributed by atoms with van der Waals surface area (Å²) in [5, 5.41) is 5.37. The molecule has 0 spiro atoms. The number of amides is 2. The van der Waals surface area contributed by atoms with Crippen molar-refractivity contribution in [3.8, 4) is 0 Å². The number of nitrogens with one attached hydrogen (secondary N) is 2. The van der Waals surface area contributed by atoms with Crippen molar-refractivity contribution < 1.29 is 9.59 Å². The zero-order chi connectivity index (χ0) is 11.8. The lowest BCUT2D eigenvalue weighted by Crippen LogP contribution is -2.27. The van der Waals surface area contributed by atoms with Gasteiger partial charge in [-0.1, -0.05) is 11.6 Å². The van der Waals surface area contributed by atoms with E-state index in [0.29, 0.717) is 31.5 Å². The summed E-state index contributed by atoms with van der Waals surface area (Å²) >= 11 is 5.75. The average molecular weight is 242 g/mol. The van der Waals surface area contributed by atoms with E-state index in [1.54, 1.807) is 12.1 Å². The second-order valence-electron chi connectivity index (χ2n) is 3.02. The van der Waals surface area contributed by atoms with Crippen LogP contribution in [0, 0.1) is 0 Å². The van der Waals surface area contributed by atoms with Gasteiger partial charge in [0.2, 0.25) is 6.41 Å². The molecular weight excluding hydrogens is 230 g/mol. The molecule has 0 aliphatic carbocycles. The Labute approximate surface area is 98.2 Å². The smallest absolute Gasteiger partial charge is 0.254 e. The predicted molar refractivity (Wildman–Crippen MR) is 60.3 cm³/mol. The van der Waals surface area contributed by atoms with E-state index >= 15 is 0 Å². The number of aromatic nitrogens is 1. The predicted octanol–water partition coefficient (Wildman–Crippen LogP) is 0.601. The maximum absolute atomic E-state index is 11.6. The van der Waals surface area contributed by atoms with Gasteiger partial charge in [0, 0.05) is 19.3 Å². The van der Waals surface area contributed by atoms with Crippen molar-refractivity contribution in [2.24, 2.45) is 0 Å². The number of pyridine rings is 1. The first-order chi connectivity index (χ1) is 7.75. The van der Waals surface area contributed by atoms with Crippen LogP contribution in [0.3, 0.4) is 0 Å². The molecule has 1 aromatic rings. The van der Waals surface area contributed by atoms with Gasteiger partial charge in [0.05, 0.1) is 5.56 Å². The summed E-state index contributed by atoms with van der Waals surface area (Å²) in [4.78, 5) is 25.3. The number of hydrogen-bond acceptors (Lipinski definition) is 3. The van der Waals surface area contributed by atoms with Gasteiger partial charge in [0.25, 0.3) is 5.91 Å². The quantitative estimate of drug-likeness (QED) is 0.435. The fraction of sp³-hybridized carbons (Fsp3) is 0.300. The third-order valence-electron chi connectivity index (χ3n) is 1.87. The summed E-state index contributed by atoms with van der Waals surface area (Å²) in [7, 11) is 0. The highest BCUT2D eigenvalue weighted by Crippen LogP contribution is 2.10. The summed E-state index contributed by atoms with van der Waals surface area (Å²) in [6.45, 7) is 1.01. The highest BCUT2D eigenvalue weighted by atomic mass is 35.5. The van der Waals surface area contributed by atoms with Crippen molar-refractivity contribution in [1.29, 1.82) is 0 Å². The number of hydrogen-bond donors (Lipinski definition) is 2. The van der Waals surface area contributed by atoms with Crippen LogP contribution in [0.1, 0.15) is 16.8 Å². The highest BCUT2D eigenvalue weighted by molar-refractivity contribution is 6.32. The Hall–Kier alpha value is -1.62. The van der Waals surface area contributed by atoms with Gasteiger partial charge in [-0.3, -0.25) is 9.59 Å². The number of halogens is 1. The third-order valence-corrected chi connectivity index (χ3v) is 2.17. The van der Waals surface area contributed by atoms with Crippen LogP contribution >= 0.6 is 11.6 Å². The summed E-state index contributed by atoms with van der Waals surface area (Å²) in [5.41, 5.74) is 0.354. The average Bonchev–Trinajstić information content (AvgIpc) is 2.29. The maximum atomic E-state index is 11.6. The molecule has 0 aliphatic heterocycles. The van der Waals surface area contributed by atoms with Crippen molar-refractivity contribution >= 4 is 23.9 Å². The van der Waals surface area contributed by atoms with Crippen molar-refractivity contribution in [1.82, 2.24) is 15.6 Å². The molecule has 2 N–H and O–H groups in total. The van der Waals surface area contributed by atoms with Crippen LogP contribution < -0.4 is 10.6 Å². The normalized spacial score (nSPS) is 9.56. The molecule has 0 aromatic carbocycles. The first kappa shape index (κ1) is 12.4. The van der Waals surface area contributed by atoms with Crippen LogP contribution in [0.2, 0.25) is 5.15 Å². The molecule has 16 heavy (non-hydrogen) atoms. The molecule has 0 atom stereocenters. The highest BCUT2D eigenvalue weighted by Gasteiger charge is 2.08. The number of rotatable bonds is 6. The van der Waals surface area contributed by atoms with E-state index in [9.17, 15) is 9.59 Å². The Balaban J connectivity index is 2.36. The van der Waals surface area contributed by atoms with Gasteiger partial charge in [-0.2, -0.15) is 0 Å². The zero-order valence-corrected chi connectivity index (χ0v) is 9.33. The molecule has 5 nitrogen and oxygen atoms in total. The van der Waals surface area contributed by atoms with Crippen molar-refractivity contribution in [3.63, 3.8) is 0 Å². The van der Waals surface area contributed by atoms with E-state index in [0.717, 1.165) is 0 Å². The molecule has 86 valence electrons. The van der Waals surface area contributed by atoms with Crippen LogP contribution in [-0.4, -0.2) is 30.4 Å². The first-order valence-electron chi connectivity index (χ1n) is 4.81. The van der Waals surface area contributed by atoms with Gasteiger partial charge in [-0.05, 0) is 18.6 Å². The van der Waals surface area contributed by atoms with E-state index in [4.69, 9.17) is 11.6 Å². The van der Waals surface area contributed by atoms with Crippen molar-refractivity contribution in [2.45, 2.75) is 6.42 Å². The minimum absolute atomic E-state index is 0.186. The van der Waals surface area contributed by atoms with Crippen LogP contribution in [0.4, 0.5) is 0 Å². The molecule has 1 aromatic heterocycles. The molecular formula is C10H12ClN3O2. The van der Waals surface area contributed by atoms with E-state index in [-0.39, 0.29) is 11.1 Å². The standard InChI is InChI=1S/C10H12ClN3O2/c11-9-8(3-1-5-13-9)10(16)14-6-2-4-12-7-15/h1,3,5,7H,2,4,6H2,(H,12,15)(H,14,16). The molecule has 0 aliphatic rings. The van der Waals surface area contributed by atoms with Crippen molar-refractivity contribution in [3.05, 3.63) is 29.0 Å². The van der Waals surface area contributed by atoms with Gasteiger partial charge >= 0.3 is 0 Å². The zero-order valence-electron chi connectivity index (χ0n) is 8.57. The summed E-state index contributed by atoms with van der Waals surface area (Å²) in [6, 6.07) is 3.25. The lowest BCUT2D eigenvalue weighted by Gasteiger charge is -2.05. The molecule has 0 saturated carbocycles. The minimum Gasteiger partial charge on any atom is -0.359 e. The summed E-state index contributed by atoms with van der Waals surface area (Å²) in [6.07, 6.45) is 2.81. The fourth-order valence-electron chi connectivity index (χ4n) is 1.10. The third kappa shape index (κ3) is 3.86. The minimum atomic E-state index is -0.260. The van der Waals surface area contributed by atoms with Crippen LogP contribution in [0.25, 0.3) is 0 Å². The van der Waals surface area contributed by atoms with Gasteiger partial charge in [0.15, 0.2) is 0 Å². The SMILES string of the molecule is O=CNCCCNC(=O)c1cccnc1Cl. The van der Waals surface area contributed by atoms with Crippen LogP contribution in [0.15, 0.2) is 18.3 Å². The lowest BCUT2D eigenvalue weighted by atomic mass is 10.2. The van der Waals surface area contributed by atoms with Gasteiger partial charge < -0.3 is 10.6 Å². The van der Waals surface area contributed by atoms with E-state index < -0.39 is 0 Å². The Morgan fingerprint density at radius 2 is 2.31 bits per heavy atom. The van der Waals surface area contributed by atoms with Crippen molar-refractivity contribution in [2.75, 3.05) is 13.1 Å². The second kappa shape index (κ2) is 6.79. The molecule has 2 amide bonds. The maximum Gasteiger partial charge on any atom is 0.254 e. The lowest BCUT2D eigenvalue weighted by molar-refractivity contribution is -0.109. The second-order valence-corrected chi connectivity index (χ2v) is 3.38. The van der Waals surface area contributed by atoms with Crippen LogP contribution in [-0.2, 0) is 4.79 Å². The number of nitrogens with zero attached hydrogens (tertiary/aromatic N) is 1. The summed E-state index contributed by atoms with van der Waals surface area (Å²) in [5.74, 6) is -0.260. The monoisotopic (exact) mass is 241 g/mol. The number of carbonyl (C=O) groups excluding carboxylic acids is 2. The molecule has 6 heteroatoms. The Bertz CT molecular complexity index is 371. The molecule has 1 rings (SSSR count). The Morgan fingerprint density at radius 3 is 3.00 bits per heavy atom. The molecule has 0 saturated heterocycles. The molecule has 0 bridgehead atoms. The Kier molecular flexibility index (Phi) is 5.28. The molecule has 1 heterocycles. The topological polar surface area (TPSA) is 71.1 Å². The van der Waals surface area contributed by atoms with E-state index in [1.165, 1.54) is 6.20 Å². The van der Waals surface area contributed by atoms with E-state index in [2.05, 4.69) is 15.6 Å². The largest absolute Gasteiger partial charge is 0.359 e. The Morgan fingerprint density at radius 1 is 1.50 bits per heavy atom. The van der Waals surface area contributed by atoms with Gasteiger partial charge in [-0.15, -0.1) is 0 Å². The van der Waals surface area contributed by atoms with Gasteiger partial charge in [-0.25, -0.2) is 4.98 Å². The summed E-state index contributed by atoms with van der Waals surface area (Å²) < 4.78 is 0. The first-order valence-corrected chi connectivity index (χ1v) is 5.19. The number of carbonyl (C=O) groups is 2. The van der Waals surface area contributed by atoms with Gasteiger partial charge in [0.1, 0.15) is 5.15 Å².